The lowest BCUT2D eigenvalue weighted by Gasteiger charge is -2.21. The van der Waals surface area contributed by atoms with Crippen molar-refractivity contribution in [2.24, 2.45) is 5.41 Å². The summed E-state index contributed by atoms with van der Waals surface area (Å²) in [5, 5.41) is 0.534. The van der Waals surface area contributed by atoms with Gasteiger partial charge in [-0.15, -0.1) is 0 Å². The zero-order chi connectivity index (χ0) is 13.3. The van der Waals surface area contributed by atoms with Gasteiger partial charge in [0.25, 0.3) is 0 Å². The monoisotopic (exact) mass is 268 g/mol. The third-order valence-electron chi connectivity index (χ3n) is 2.82. The topological polar surface area (TPSA) is 52.6 Å². The summed E-state index contributed by atoms with van der Waals surface area (Å²) in [7, 11) is 0. The number of cyclic esters (lactones) is 1. The fourth-order valence-corrected chi connectivity index (χ4v) is 1.82. The zero-order valence-corrected chi connectivity index (χ0v) is 10.9. The molecule has 5 heteroatoms. The SMILES string of the molecule is CC1(C)COC(=O)C1OC(=O)c1ccc(Cl)cc1. The van der Waals surface area contributed by atoms with Gasteiger partial charge in [0, 0.05) is 10.4 Å². The molecule has 4 nitrogen and oxygen atoms in total. The van der Waals surface area contributed by atoms with Crippen LogP contribution in [0, 0.1) is 5.41 Å². The molecule has 0 radical (unpaired) electrons. The average Bonchev–Trinajstić information content (AvgIpc) is 2.57. The van der Waals surface area contributed by atoms with E-state index in [2.05, 4.69) is 0 Å². The minimum Gasteiger partial charge on any atom is -0.462 e. The highest BCUT2D eigenvalue weighted by molar-refractivity contribution is 6.30. The van der Waals surface area contributed by atoms with Crippen LogP contribution in [0.15, 0.2) is 24.3 Å². The summed E-state index contributed by atoms with van der Waals surface area (Å²) in [5.41, 5.74) is -0.144. The molecule has 0 aromatic heterocycles. The first-order valence-corrected chi connectivity index (χ1v) is 5.91. The molecule has 1 saturated heterocycles. The van der Waals surface area contributed by atoms with Crippen LogP contribution in [0.5, 0.6) is 0 Å². The Hall–Kier alpha value is -1.55. The van der Waals surface area contributed by atoms with Gasteiger partial charge >= 0.3 is 11.9 Å². The number of benzene rings is 1. The van der Waals surface area contributed by atoms with Crippen molar-refractivity contribution in [1.82, 2.24) is 0 Å². The summed E-state index contributed by atoms with van der Waals surface area (Å²) in [4.78, 5) is 23.4. The molecule has 0 saturated carbocycles. The summed E-state index contributed by atoms with van der Waals surface area (Å²) in [6.45, 7) is 3.89. The molecule has 0 amide bonds. The van der Waals surface area contributed by atoms with Gasteiger partial charge in [-0.3, -0.25) is 0 Å². The number of carbonyl (C=O) groups is 2. The summed E-state index contributed by atoms with van der Waals surface area (Å²) >= 11 is 5.73. The maximum Gasteiger partial charge on any atom is 0.348 e. The number of esters is 2. The average molecular weight is 269 g/mol. The normalized spacial score (nSPS) is 21.5. The maximum absolute atomic E-state index is 11.9. The minimum absolute atomic E-state index is 0.254. The van der Waals surface area contributed by atoms with E-state index in [0.29, 0.717) is 10.6 Å². The van der Waals surface area contributed by atoms with Crippen LogP contribution in [0.4, 0.5) is 0 Å². The van der Waals surface area contributed by atoms with E-state index in [9.17, 15) is 9.59 Å². The largest absolute Gasteiger partial charge is 0.462 e. The number of halogens is 1. The minimum atomic E-state index is -0.860. The Morgan fingerprint density at radius 3 is 2.50 bits per heavy atom. The molecule has 1 aliphatic heterocycles. The van der Waals surface area contributed by atoms with E-state index in [1.54, 1.807) is 24.3 Å². The molecule has 2 rings (SSSR count). The predicted octanol–water partition coefficient (Wildman–Crippen LogP) is 2.45. The fraction of sp³-hybridized carbons (Fsp3) is 0.385. The van der Waals surface area contributed by atoms with Crippen LogP contribution in [0.25, 0.3) is 0 Å². The van der Waals surface area contributed by atoms with Crippen LogP contribution in [0.2, 0.25) is 5.02 Å². The molecule has 1 aliphatic rings. The van der Waals surface area contributed by atoms with Crippen molar-refractivity contribution in [1.29, 1.82) is 0 Å². The van der Waals surface area contributed by atoms with Gasteiger partial charge in [0.15, 0.2) is 0 Å². The lowest BCUT2D eigenvalue weighted by atomic mass is 9.90. The molecule has 1 heterocycles. The van der Waals surface area contributed by atoms with Crippen LogP contribution in [0.3, 0.4) is 0 Å². The van der Waals surface area contributed by atoms with Crippen LogP contribution in [0.1, 0.15) is 24.2 Å². The summed E-state index contributed by atoms with van der Waals surface area (Å²) in [6, 6.07) is 6.29. The van der Waals surface area contributed by atoms with E-state index in [-0.39, 0.29) is 6.61 Å². The van der Waals surface area contributed by atoms with Crippen LogP contribution < -0.4 is 0 Å². The van der Waals surface area contributed by atoms with Crippen molar-refractivity contribution < 1.29 is 19.1 Å². The standard InChI is InChI=1S/C13H13ClO4/c1-13(2)7-17-12(16)10(13)18-11(15)8-3-5-9(14)6-4-8/h3-6,10H,7H2,1-2H3. The van der Waals surface area contributed by atoms with E-state index in [0.717, 1.165) is 0 Å². The molecular formula is C13H13ClO4. The highest BCUT2D eigenvalue weighted by Gasteiger charge is 2.46. The Balaban J connectivity index is 2.12. The molecule has 1 aromatic carbocycles. The van der Waals surface area contributed by atoms with Gasteiger partial charge < -0.3 is 9.47 Å². The van der Waals surface area contributed by atoms with Crippen molar-refractivity contribution in [2.75, 3.05) is 6.61 Å². The molecular weight excluding hydrogens is 256 g/mol. The highest BCUT2D eigenvalue weighted by Crippen LogP contribution is 2.31. The number of ether oxygens (including phenoxy) is 2. The molecule has 0 N–H and O–H groups in total. The van der Waals surface area contributed by atoms with Gasteiger partial charge in [0.05, 0.1) is 5.56 Å². The maximum atomic E-state index is 11.9. The first-order chi connectivity index (χ1) is 8.40. The lowest BCUT2D eigenvalue weighted by molar-refractivity contribution is -0.145. The smallest absolute Gasteiger partial charge is 0.348 e. The van der Waals surface area contributed by atoms with Crippen LogP contribution in [-0.2, 0) is 14.3 Å². The molecule has 0 spiro atoms. The van der Waals surface area contributed by atoms with E-state index >= 15 is 0 Å². The Morgan fingerprint density at radius 2 is 2.00 bits per heavy atom. The molecule has 1 fully saturated rings. The first-order valence-electron chi connectivity index (χ1n) is 5.53. The highest BCUT2D eigenvalue weighted by atomic mass is 35.5. The van der Waals surface area contributed by atoms with Crippen LogP contribution in [-0.4, -0.2) is 24.6 Å². The molecule has 96 valence electrons. The predicted molar refractivity (Wildman–Crippen MR) is 65.4 cm³/mol. The van der Waals surface area contributed by atoms with Crippen molar-refractivity contribution in [3.8, 4) is 0 Å². The second-order valence-corrected chi connectivity index (χ2v) is 5.32. The third kappa shape index (κ3) is 2.48. The first kappa shape index (κ1) is 12.9. The Bertz CT molecular complexity index is 478. The summed E-state index contributed by atoms with van der Waals surface area (Å²) in [6.07, 6.45) is -0.860. The Kier molecular flexibility index (Phi) is 3.30. The molecule has 0 aliphatic carbocycles. The number of hydrogen-bond donors (Lipinski definition) is 0. The second-order valence-electron chi connectivity index (χ2n) is 4.89. The lowest BCUT2D eigenvalue weighted by Crippen LogP contribution is -2.34. The molecule has 1 atom stereocenters. The molecule has 1 aromatic rings. The van der Waals surface area contributed by atoms with Crippen molar-refractivity contribution in [3.63, 3.8) is 0 Å². The van der Waals surface area contributed by atoms with Gasteiger partial charge in [0.2, 0.25) is 6.10 Å². The number of carbonyl (C=O) groups excluding carboxylic acids is 2. The molecule has 1 unspecified atom stereocenters. The van der Waals surface area contributed by atoms with E-state index in [1.807, 2.05) is 13.8 Å². The van der Waals surface area contributed by atoms with Gasteiger partial charge in [0.1, 0.15) is 6.61 Å². The fourth-order valence-electron chi connectivity index (χ4n) is 1.70. The van der Waals surface area contributed by atoms with E-state index < -0.39 is 23.5 Å². The van der Waals surface area contributed by atoms with Gasteiger partial charge in [-0.1, -0.05) is 25.4 Å². The second kappa shape index (κ2) is 4.61. The Morgan fingerprint density at radius 1 is 1.39 bits per heavy atom. The van der Waals surface area contributed by atoms with Crippen molar-refractivity contribution in [2.45, 2.75) is 20.0 Å². The van der Waals surface area contributed by atoms with Gasteiger partial charge in [-0.05, 0) is 24.3 Å². The number of rotatable bonds is 2. The van der Waals surface area contributed by atoms with Gasteiger partial charge in [-0.2, -0.15) is 0 Å². The van der Waals surface area contributed by atoms with E-state index in [1.165, 1.54) is 0 Å². The van der Waals surface area contributed by atoms with Crippen molar-refractivity contribution in [3.05, 3.63) is 34.9 Å². The quantitative estimate of drug-likeness (QED) is 0.773. The summed E-state index contributed by atoms with van der Waals surface area (Å²) in [5.74, 6) is -1.05. The zero-order valence-electron chi connectivity index (χ0n) is 10.1. The van der Waals surface area contributed by atoms with Crippen LogP contribution >= 0.6 is 11.6 Å². The summed E-state index contributed by atoms with van der Waals surface area (Å²) < 4.78 is 10.1. The van der Waals surface area contributed by atoms with Gasteiger partial charge in [-0.25, -0.2) is 9.59 Å². The molecule has 18 heavy (non-hydrogen) atoms. The third-order valence-corrected chi connectivity index (χ3v) is 3.07. The van der Waals surface area contributed by atoms with E-state index in [4.69, 9.17) is 21.1 Å². The Labute approximate surface area is 110 Å². The van der Waals surface area contributed by atoms with Crippen molar-refractivity contribution >= 4 is 23.5 Å². The molecule has 0 bridgehead atoms. The number of hydrogen-bond acceptors (Lipinski definition) is 4.